The van der Waals surface area contributed by atoms with E-state index in [0.29, 0.717) is 68.1 Å². The maximum Gasteiger partial charge on any atom is 0.471 e. The maximum absolute atomic E-state index is 13.2. The number of nitrogens with zero attached hydrogens (tertiary/aromatic N) is 3. The first kappa shape index (κ1) is 35.9. The van der Waals surface area contributed by atoms with E-state index in [1.54, 1.807) is 24.3 Å². The molecule has 4 atom stereocenters. The fourth-order valence-electron chi connectivity index (χ4n) is 7.89. The van der Waals surface area contributed by atoms with Gasteiger partial charge in [-0.15, -0.1) is 0 Å². The summed E-state index contributed by atoms with van der Waals surface area (Å²) in [6, 6.07) is 23.1. The number of para-hydroxylation sites is 1. The van der Waals surface area contributed by atoms with Crippen molar-refractivity contribution in [3.63, 3.8) is 0 Å². The summed E-state index contributed by atoms with van der Waals surface area (Å²) in [6.07, 6.45) is -4.24. The molecule has 14 heteroatoms. The molecule has 7 rings (SSSR count). The molecule has 11 nitrogen and oxygen atoms in total. The Morgan fingerprint density at radius 1 is 0.942 bits per heavy atom. The Bertz CT molecular complexity index is 1750. The number of amides is 3. The van der Waals surface area contributed by atoms with Crippen LogP contribution in [0.1, 0.15) is 61.2 Å². The number of hydrogen-bond acceptors (Lipinski definition) is 8. The van der Waals surface area contributed by atoms with Gasteiger partial charge in [-0.05, 0) is 61.1 Å². The van der Waals surface area contributed by atoms with Crippen molar-refractivity contribution in [3.05, 3.63) is 95.6 Å². The molecule has 1 spiro atoms. The highest BCUT2D eigenvalue weighted by atomic mass is 19.4. The van der Waals surface area contributed by atoms with Gasteiger partial charge in [0.25, 0.3) is 0 Å². The van der Waals surface area contributed by atoms with Gasteiger partial charge in [0.15, 0.2) is 6.29 Å². The number of carbonyl (C=O) groups excluding carboxylic acids is 3. The molecule has 4 fully saturated rings. The molecular formula is C38H42F3N5O6. The van der Waals surface area contributed by atoms with Crippen LogP contribution in [0, 0.1) is 0 Å². The fraction of sp³-hybridized carbons (Fsp3) is 0.447. The quantitative estimate of drug-likeness (QED) is 0.308. The van der Waals surface area contributed by atoms with Gasteiger partial charge in [0.2, 0.25) is 11.8 Å². The average molecular weight is 722 g/mol. The van der Waals surface area contributed by atoms with Crippen LogP contribution in [0.2, 0.25) is 0 Å². The number of nitrogens with one attached hydrogen (secondary N) is 2. The zero-order valence-electron chi connectivity index (χ0n) is 28.6. The summed E-state index contributed by atoms with van der Waals surface area (Å²) in [6.45, 7) is 2.21. The summed E-state index contributed by atoms with van der Waals surface area (Å²) in [5.74, 6) is -2.66. The molecule has 0 saturated carbocycles. The number of piperidine rings is 1. The first-order valence-electron chi connectivity index (χ1n) is 17.7. The van der Waals surface area contributed by atoms with Crippen LogP contribution in [0.25, 0.3) is 0 Å². The number of aliphatic hydroxyl groups is 1. The Balaban J connectivity index is 1.06. The van der Waals surface area contributed by atoms with Crippen molar-refractivity contribution in [2.45, 2.75) is 75.0 Å². The Kier molecular flexibility index (Phi) is 10.3. The number of ether oxygens (including phenoxy) is 2. The molecule has 276 valence electrons. The maximum atomic E-state index is 13.2. The van der Waals surface area contributed by atoms with Crippen molar-refractivity contribution in [1.29, 1.82) is 0 Å². The fourth-order valence-corrected chi connectivity index (χ4v) is 7.89. The van der Waals surface area contributed by atoms with Crippen molar-refractivity contribution in [3.8, 4) is 0 Å². The van der Waals surface area contributed by atoms with Gasteiger partial charge in [-0.2, -0.15) is 13.2 Å². The molecule has 4 aliphatic heterocycles. The second-order valence-electron chi connectivity index (χ2n) is 13.9. The van der Waals surface area contributed by atoms with Crippen molar-refractivity contribution in [2.24, 2.45) is 0 Å². The SMILES string of the molecule is O=C(Nc1cccc(C2OC(CN3CCC4(CC3)C(=O)NCN4c3ccccc3)CC(c3ccc(CO)cc3)O2)c1)C1CCCN1C(=O)C(F)(F)F. The van der Waals surface area contributed by atoms with Gasteiger partial charge in [0, 0.05) is 49.5 Å². The van der Waals surface area contributed by atoms with Crippen LogP contribution in [0.15, 0.2) is 78.9 Å². The molecule has 3 N–H and O–H groups in total. The summed E-state index contributed by atoms with van der Waals surface area (Å²) < 4.78 is 52.6. The number of likely N-dealkylation sites (tertiary alicyclic amines) is 2. The van der Waals surface area contributed by atoms with Gasteiger partial charge in [-0.3, -0.25) is 14.4 Å². The van der Waals surface area contributed by atoms with Gasteiger partial charge >= 0.3 is 12.1 Å². The summed E-state index contributed by atoms with van der Waals surface area (Å²) in [5.41, 5.74) is 3.02. The number of benzene rings is 3. The lowest BCUT2D eigenvalue weighted by Crippen LogP contribution is -2.57. The van der Waals surface area contributed by atoms with E-state index < -0.39 is 35.9 Å². The first-order valence-corrected chi connectivity index (χ1v) is 17.7. The van der Waals surface area contributed by atoms with E-state index in [4.69, 9.17) is 9.47 Å². The molecule has 3 amide bonds. The molecule has 0 aromatic heterocycles. The van der Waals surface area contributed by atoms with E-state index in [-0.39, 0.29) is 37.7 Å². The highest BCUT2D eigenvalue weighted by Crippen LogP contribution is 2.40. The standard InChI is InChI=1S/C38H42F3N5O6/c39-38(40,41)36(50)45-17-5-10-31(45)33(48)43-28-7-4-6-27(20-28)34-51-30(21-32(52-34)26-13-11-25(23-47)12-14-26)22-44-18-15-37(16-19-44)35(49)42-24-46(37)29-8-2-1-3-9-29/h1-4,6-9,11-14,20,30-32,34,47H,5,10,15-19,21-24H2,(H,42,49)(H,43,48). The van der Waals surface area contributed by atoms with Crippen molar-refractivity contribution in [1.82, 2.24) is 15.1 Å². The van der Waals surface area contributed by atoms with Crippen LogP contribution in [-0.4, -0.2) is 89.3 Å². The third kappa shape index (κ3) is 7.38. The second-order valence-corrected chi connectivity index (χ2v) is 13.9. The Labute approximate surface area is 299 Å². The van der Waals surface area contributed by atoms with Crippen LogP contribution in [0.5, 0.6) is 0 Å². The minimum atomic E-state index is -5.06. The number of anilines is 2. The zero-order valence-corrected chi connectivity index (χ0v) is 28.6. The third-order valence-corrected chi connectivity index (χ3v) is 10.7. The summed E-state index contributed by atoms with van der Waals surface area (Å²) >= 11 is 0. The van der Waals surface area contributed by atoms with Gasteiger partial charge in [-0.1, -0.05) is 54.6 Å². The number of carbonyl (C=O) groups is 3. The highest BCUT2D eigenvalue weighted by molar-refractivity contribution is 5.98. The van der Waals surface area contributed by atoms with E-state index in [1.807, 2.05) is 54.6 Å². The number of rotatable bonds is 8. The predicted octanol–water partition coefficient (Wildman–Crippen LogP) is 4.64. The molecule has 4 aliphatic rings. The number of aliphatic hydroxyl groups excluding tert-OH is 1. The predicted molar refractivity (Wildman–Crippen MR) is 185 cm³/mol. The lowest BCUT2D eigenvalue weighted by molar-refractivity contribution is -0.253. The molecular weight excluding hydrogens is 679 g/mol. The summed E-state index contributed by atoms with van der Waals surface area (Å²) in [4.78, 5) is 43.4. The zero-order chi connectivity index (χ0) is 36.5. The topological polar surface area (TPSA) is 124 Å². The molecule has 0 aliphatic carbocycles. The summed E-state index contributed by atoms with van der Waals surface area (Å²) in [7, 11) is 0. The van der Waals surface area contributed by atoms with Crippen LogP contribution >= 0.6 is 0 Å². The molecule has 4 saturated heterocycles. The van der Waals surface area contributed by atoms with E-state index in [0.717, 1.165) is 16.8 Å². The van der Waals surface area contributed by atoms with Gasteiger partial charge < -0.3 is 39.9 Å². The van der Waals surface area contributed by atoms with E-state index >= 15 is 0 Å². The Hall–Kier alpha value is -4.50. The van der Waals surface area contributed by atoms with Gasteiger partial charge in [-0.25, -0.2) is 0 Å². The average Bonchev–Trinajstić information content (AvgIpc) is 3.77. The molecule has 3 aromatic carbocycles. The number of halogens is 3. The van der Waals surface area contributed by atoms with Gasteiger partial charge in [0.1, 0.15) is 11.6 Å². The largest absolute Gasteiger partial charge is 0.471 e. The van der Waals surface area contributed by atoms with E-state index in [2.05, 4.69) is 20.4 Å². The molecule has 4 unspecified atom stereocenters. The Morgan fingerprint density at radius 2 is 1.69 bits per heavy atom. The monoisotopic (exact) mass is 721 g/mol. The minimum absolute atomic E-state index is 0.0457. The molecule has 3 aromatic rings. The molecule has 52 heavy (non-hydrogen) atoms. The van der Waals surface area contributed by atoms with Crippen molar-refractivity contribution in [2.75, 3.05) is 43.1 Å². The lowest BCUT2D eigenvalue weighted by Gasteiger charge is -2.45. The highest BCUT2D eigenvalue weighted by Gasteiger charge is 2.51. The second kappa shape index (κ2) is 14.9. The molecule has 0 bridgehead atoms. The van der Waals surface area contributed by atoms with Crippen LogP contribution < -0.4 is 15.5 Å². The summed E-state index contributed by atoms with van der Waals surface area (Å²) in [5, 5.41) is 15.3. The third-order valence-electron chi connectivity index (χ3n) is 10.7. The van der Waals surface area contributed by atoms with Crippen LogP contribution in [-0.2, 0) is 30.5 Å². The Morgan fingerprint density at radius 3 is 2.40 bits per heavy atom. The van der Waals surface area contributed by atoms with Crippen LogP contribution in [0.3, 0.4) is 0 Å². The molecule has 0 radical (unpaired) electrons. The van der Waals surface area contributed by atoms with E-state index in [1.165, 1.54) is 0 Å². The first-order chi connectivity index (χ1) is 25.0. The van der Waals surface area contributed by atoms with Gasteiger partial charge in [0.05, 0.1) is 25.5 Å². The number of hydrogen-bond donors (Lipinski definition) is 3. The lowest BCUT2D eigenvalue weighted by atomic mass is 9.85. The smallest absolute Gasteiger partial charge is 0.392 e. The van der Waals surface area contributed by atoms with Crippen LogP contribution in [0.4, 0.5) is 24.5 Å². The van der Waals surface area contributed by atoms with Crippen molar-refractivity contribution < 1.29 is 42.1 Å². The number of alkyl halides is 3. The van der Waals surface area contributed by atoms with Crippen molar-refractivity contribution >= 4 is 29.1 Å². The normalized spacial score (nSPS) is 25.0. The minimum Gasteiger partial charge on any atom is -0.392 e. The molecule has 4 heterocycles. The van der Waals surface area contributed by atoms with E-state index in [9.17, 15) is 32.7 Å².